The lowest BCUT2D eigenvalue weighted by Gasteiger charge is -2.27. The standard InChI is InChI=1S/C25H34NO6P/c1-4-31-24(27)22(15-19(2)3)18-33(29,30)23(16-20-11-7-5-8-12-20)26-25(28)32-17-21-13-9-6-10-14-21/h5-14,19,22-23H,4,15-18H2,1-3H3,(H,26,28)(H,29,30). The first-order valence-electron chi connectivity index (χ1n) is 11.2. The van der Waals surface area contributed by atoms with Gasteiger partial charge in [0.1, 0.15) is 12.4 Å². The minimum Gasteiger partial charge on any atom is -0.466 e. The number of carbonyl (C=O) groups excluding carboxylic acids is 2. The molecule has 180 valence electrons. The van der Waals surface area contributed by atoms with Crippen molar-refractivity contribution in [2.24, 2.45) is 11.8 Å². The lowest BCUT2D eigenvalue weighted by atomic mass is 9.99. The van der Waals surface area contributed by atoms with E-state index in [2.05, 4.69) is 5.32 Å². The van der Waals surface area contributed by atoms with E-state index in [-0.39, 0.29) is 31.7 Å². The highest BCUT2D eigenvalue weighted by Crippen LogP contribution is 2.49. The topological polar surface area (TPSA) is 102 Å². The number of alkyl carbamates (subject to hydrolysis) is 1. The summed E-state index contributed by atoms with van der Waals surface area (Å²) >= 11 is 0. The smallest absolute Gasteiger partial charge is 0.408 e. The van der Waals surface area contributed by atoms with Crippen molar-refractivity contribution >= 4 is 19.4 Å². The molecule has 1 amide bonds. The molecule has 0 spiro atoms. The maximum absolute atomic E-state index is 13.5. The van der Waals surface area contributed by atoms with Gasteiger partial charge in [0.25, 0.3) is 0 Å². The third-order valence-corrected chi connectivity index (χ3v) is 7.36. The summed E-state index contributed by atoms with van der Waals surface area (Å²) in [6.45, 7) is 5.82. The Balaban J connectivity index is 2.18. The Labute approximate surface area is 196 Å². The van der Waals surface area contributed by atoms with E-state index in [1.54, 1.807) is 6.92 Å². The Morgan fingerprint density at radius 1 is 0.970 bits per heavy atom. The van der Waals surface area contributed by atoms with Crippen molar-refractivity contribution in [2.75, 3.05) is 12.8 Å². The van der Waals surface area contributed by atoms with E-state index in [0.717, 1.165) is 11.1 Å². The summed E-state index contributed by atoms with van der Waals surface area (Å²) < 4.78 is 23.9. The highest BCUT2D eigenvalue weighted by molar-refractivity contribution is 7.58. The Kier molecular flexibility index (Phi) is 10.6. The van der Waals surface area contributed by atoms with Gasteiger partial charge in [-0.3, -0.25) is 9.36 Å². The summed E-state index contributed by atoms with van der Waals surface area (Å²) in [6.07, 6.45) is -0.516. The number of nitrogens with one attached hydrogen (secondary N) is 1. The normalized spacial score (nSPS) is 14.7. The van der Waals surface area contributed by atoms with Crippen molar-refractivity contribution < 1.29 is 28.5 Å². The predicted octanol–water partition coefficient (Wildman–Crippen LogP) is 4.98. The van der Waals surface area contributed by atoms with E-state index in [4.69, 9.17) is 9.47 Å². The van der Waals surface area contributed by atoms with Gasteiger partial charge in [0.2, 0.25) is 7.37 Å². The number of carbonyl (C=O) groups is 2. The minimum absolute atomic E-state index is 0.0409. The molecule has 2 aromatic rings. The molecule has 0 saturated heterocycles. The molecule has 3 unspecified atom stereocenters. The zero-order valence-corrected chi connectivity index (χ0v) is 20.4. The van der Waals surface area contributed by atoms with Crippen molar-refractivity contribution in [3.8, 4) is 0 Å². The van der Waals surface area contributed by atoms with Crippen LogP contribution in [0.4, 0.5) is 4.79 Å². The molecule has 0 bridgehead atoms. The molecule has 0 fully saturated rings. The molecular weight excluding hydrogens is 441 g/mol. The monoisotopic (exact) mass is 475 g/mol. The number of rotatable bonds is 12. The quantitative estimate of drug-likeness (QED) is 0.332. The number of ether oxygens (including phenoxy) is 2. The van der Waals surface area contributed by atoms with Crippen molar-refractivity contribution in [3.05, 3.63) is 71.8 Å². The molecule has 3 atom stereocenters. The first-order valence-corrected chi connectivity index (χ1v) is 13.1. The summed E-state index contributed by atoms with van der Waals surface area (Å²) in [6, 6.07) is 18.3. The first kappa shape index (κ1) is 26.6. The van der Waals surface area contributed by atoms with Crippen LogP contribution in [-0.4, -0.2) is 35.5 Å². The highest BCUT2D eigenvalue weighted by atomic mass is 31.2. The number of esters is 1. The second kappa shape index (κ2) is 13.2. The van der Waals surface area contributed by atoms with Crippen LogP contribution in [0, 0.1) is 11.8 Å². The molecule has 2 rings (SSSR count). The van der Waals surface area contributed by atoms with Crippen LogP contribution in [-0.2, 0) is 31.9 Å². The van der Waals surface area contributed by atoms with Gasteiger partial charge in [-0.25, -0.2) is 4.79 Å². The molecule has 8 heteroatoms. The van der Waals surface area contributed by atoms with Gasteiger partial charge in [-0.05, 0) is 30.4 Å². The lowest BCUT2D eigenvalue weighted by Crippen LogP contribution is -2.38. The summed E-state index contributed by atoms with van der Waals surface area (Å²) in [4.78, 5) is 36.0. The fourth-order valence-corrected chi connectivity index (χ4v) is 5.54. The van der Waals surface area contributed by atoms with Crippen LogP contribution in [0.25, 0.3) is 0 Å². The third kappa shape index (κ3) is 9.40. The Morgan fingerprint density at radius 3 is 2.09 bits per heavy atom. The van der Waals surface area contributed by atoms with Crippen LogP contribution in [0.3, 0.4) is 0 Å². The number of hydrogen-bond donors (Lipinski definition) is 2. The van der Waals surface area contributed by atoms with Crippen LogP contribution in [0.1, 0.15) is 38.3 Å². The van der Waals surface area contributed by atoms with Crippen LogP contribution < -0.4 is 5.32 Å². The number of hydrogen-bond acceptors (Lipinski definition) is 5. The van der Waals surface area contributed by atoms with Gasteiger partial charge in [0.05, 0.1) is 12.5 Å². The third-order valence-electron chi connectivity index (χ3n) is 5.11. The van der Waals surface area contributed by atoms with Crippen LogP contribution in [0.15, 0.2) is 60.7 Å². The largest absolute Gasteiger partial charge is 0.466 e. The minimum atomic E-state index is -4.02. The van der Waals surface area contributed by atoms with E-state index in [1.165, 1.54) is 0 Å². The van der Waals surface area contributed by atoms with E-state index >= 15 is 0 Å². The Bertz CT molecular complexity index is 919. The van der Waals surface area contributed by atoms with Gasteiger partial charge < -0.3 is 19.7 Å². The second-order valence-corrected chi connectivity index (χ2v) is 10.9. The number of amides is 1. The highest BCUT2D eigenvalue weighted by Gasteiger charge is 2.38. The maximum atomic E-state index is 13.5. The molecule has 2 aromatic carbocycles. The summed E-state index contributed by atoms with van der Waals surface area (Å²) in [5.41, 5.74) is 1.59. The molecule has 2 N–H and O–H groups in total. The lowest BCUT2D eigenvalue weighted by molar-refractivity contribution is -0.147. The van der Waals surface area contributed by atoms with Crippen molar-refractivity contribution in [1.82, 2.24) is 5.32 Å². The molecule has 7 nitrogen and oxygen atoms in total. The van der Waals surface area contributed by atoms with E-state index in [0.29, 0.717) is 6.42 Å². The van der Waals surface area contributed by atoms with Gasteiger partial charge in [0.15, 0.2) is 0 Å². The fourth-order valence-electron chi connectivity index (χ4n) is 3.55. The molecular formula is C25H34NO6P. The molecule has 0 aliphatic heterocycles. The van der Waals surface area contributed by atoms with Gasteiger partial charge in [-0.15, -0.1) is 0 Å². The Hall–Kier alpha value is -2.63. The van der Waals surface area contributed by atoms with Crippen LogP contribution >= 0.6 is 7.37 Å². The number of benzene rings is 2. The molecule has 0 aliphatic rings. The Morgan fingerprint density at radius 2 is 1.55 bits per heavy atom. The molecule has 0 radical (unpaired) electrons. The van der Waals surface area contributed by atoms with Gasteiger partial charge in [0, 0.05) is 12.6 Å². The van der Waals surface area contributed by atoms with Crippen molar-refractivity contribution in [2.45, 2.75) is 46.0 Å². The zero-order chi connectivity index (χ0) is 24.3. The van der Waals surface area contributed by atoms with Crippen molar-refractivity contribution in [1.29, 1.82) is 0 Å². The zero-order valence-electron chi connectivity index (χ0n) is 19.5. The maximum Gasteiger partial charge on any atom is 0.408 e. The summed E-state index contributed by atoms with van der Waals surface area (Å²) in [5, 5.41) is 2.58. The average molecular weight is 476 g/mol. The fraction of sp³-hybridized carbons (Fsp3) is 0.440. The first-order chi connectivity index (χ1) is 15.7. The molecule has 0 aromatic heterocycles. The van der Waals surface area contributed by atoms with Gasteiger partial charge >= 0.3 is 12.1 Å². The predicted molar refractivity (Wildman–Crippen MR) is 128 cm³/mol. The molecule has 0 aliphatic carbocycles. The van der Waals surface area contributed by atoms with Crippen molar-refractivity contribution in [3.63, 3.8) is 0 Å². The SMILES string of the molecule is CCOC(=O)C(CC(C)C)CP(=O)(O)C(Cc1ccccc1)NC(=O)OCc1ccccc1. The molecule has 0 heterocycles. The van der Waals surface area contributed by atoms with E-state index in [9.17, 15) is 19.0 Å². The molecule has 33 heavy (non-hydrogen) atoms. The van der Waals surface area contributed by atoms with Gasteiger partial charge in [-0.1, -0.05) is 74.5 Å². The van der Waals surface area contributed by atoms with Crippen LogP contribution in [0.2, 0.25) is 0 Å². The van der Waals surface area contributed by atoms with E-state index < -0.39 is 31.1 Å². The van der Waals surface area contributed by atoms with Crippen LogP contribution in [0.5, 0.6) is 0 Å². The summed E-state index contributed by atoms with van der Waals surface area (Å²) in [7, 11) is -4.02. The second-order valence-electron chi connectivity index (χ2n) is 8.43. The molecule has 0 saturated carbocycles. The average Bonchev–Trinajstić information content (AvgIpc) is 2.78. The summed E-state index contributed by atoms with van der Waals surface area (Å²) in [5.74, 6) is -2.20. The van der Waals surface area contributed by atoms with E-state index in [1.807, 2.05) is 74.5 Å². The van der Waals surface area contributed by atoms with Gasteiger partial charge in [-0.2, -0.15) is 0 Å².